The van der Waals surface area contributed by atoms with Gasteiger partial charge < -0.3 is 5.32 Å². The van der Waals surface area contributed by atoms with Gasteiger partial charge in [0.1, 0.15) is 0 Å². The van der Waals surface area contributed by atoms with Gasteiger partial charge in [-0.15, -0.1) is 0 Å². The lowest BCUT2D eigenvalue weighted by Crippen LogP contribution is -2.24. The summed E-state index contributed by atoms with van der Waals surface area (Å²) in [5, 5.41) is 4.10. The first-order chi connectivity index (χ1) is 19.3. The summed E-state index contributed by atoms with van der Waals surface area (Å²) in [7, 11) is 0. The first-order valence-corrected chi connectivity index (χ1v) is 15.4. The van der Waals surface area contributed by atoms with E-state index >= 15 is 0 Å². The van der Waals surface area contributed by atoms with Crippen molar-refractivity contribution < 1.29 is 4.79 Å². The van der Waals surface area contributed by atoms with Crippen LogP contribution >= 0.6 is 11.8 Å². The van der Waals surface area contributed by atoms with E-state index in [1.165, 1.54) is 25.7 Å². The standard InChI is InChI=1S/C34H41N3OS/c1-2-3-4-5-6-16-25-31(38)35-26-17-18-27-39-34-36-32(28-19-10-7-11-20-28)33(29-21-12-8-13-22-29)37(34)30-23-14-9-15-24-30/h7-15,19-24H,2-6,16-18,25-27H2,1H3,(H,35,38). The zero-order valence-corrected chi connectivity index (χ0v) is 24.0. The molecule has 4 rings (SSSR count). The average Bonchev–Trinajstić information content (AvgIpc) is 3.37. The van der Waals surface area contributed by atoms with Crippen molar-refractivity contribution in [2.45, 2.75) is 69.9 Å². The van der Waals surface area contributed by atoms with Gasteiger partial charge in [0.25, 0.3) is 0 Å². The van der Waals surface area contributed by atoms with Crippen molar-refractivity contribution >= 4 is 17.7 Å². The summed E-state index contributed by atoms with van der Waals surface area (Å²) < 4.78 is 2.30. The summed E-state index contributed by atoms with van der Waals surface area (Å²) in [6.45, 7) is 2.97. The first-order valence-electron chi connectivity index (χ1n) is 14.5. The quantitative estimate of drug-likeness (QED) is 0.114. The lowest BCUT2D eigenvalue weighted by molar-refractivity contribution is -0.121. The molecule has 4 aromatic rings. The molecule has 0 aliphatic heterocycles. The number of hydrogen-bond donors (Lipinski definition) is 1. The monoisotopic (exact) mass is 539 g/mol. The molecule has 0 saturated carbocycles. The van der Waals surface area contributed by atoms with Crippen molar-refractivity contribution in [3.63, 3.8) is 0 Å². The van der Waals surface area contributed by atoms with Gasteiger partial charge in [-0.25, -0.2) is 4.98 Å². The number of unbranched alkanes of at least 4 members (excludes halogenated alkanes) is 6. The van der Waals surface area contributed by atoms with Crippen LogP contribution in [0.5, 0.6) is 0 Å². The van der Waals surface area contributed by atoms with Crippen LogP contribution in [0.2, 0.25) is 0 Å². The number of rotatable bonds is 16. The summed E-state index contributed by atoms with van der Waals surface area (Å²) in [5.41, 5.74) is 5.47. The molecule has 1 amide bonds. The van der Waals surface area contributed by atoms with Crippen LogP contribution in [0.25, 0.3) is 28.2 Å². The summed E-state index contributed by atoms with van der Waals surface area (Å²) in [6, 6.07) is 31.5. The van der Waals surface area contributed by atoms with E-state index in [1.54, 1.807) is 11.8 Å². The van der Waals surface area contributed by atoms with Crippen LogP contribution in [0.4, 0.5) is 0 Å². The van der Waals surface area contributed by atoms with Crippen LogP contribution in [0.3, 0.4) is 0 Å². The van der Waals surface area contributed by atoms with Crippen LogP contribution in [0.1, 0.15) is 64.7 Å². The Bertz CT molecular complexity index is 1260. The SMILES string of the molecule is CCCCCCCCC(=O)NCCCCSc1nc(-c2ccccc2)c(-c2ccccc2)n1-c1ccccc1. The first kappa shape index (κ1) is 28.7. The van der Waals surface area contributed by atoms with Gasteiger partial charge in [-0.1, -0.05) is 130 Å². The Balaban J connectivity index is 1.40. The maximum atomic E-state index is 12.2. The van der Waals surface area contributed by atoms with Crippen molar-refractivity contribution in [2.75, 3.05) is 12.3 Å². The minimum atomic E-state index is 0.192. The molecule has 0 bridgehead atoms. The van der Waals surface area contributed by atoms with Crippen molar-refractivity contribution in [2.24, 2.45) is 0 Å². The number of nitrogens with zero attached hydrogens (tertiary/aromatic N) is 2. The van der Waals surface area contributed by atoms with E-state index in [9.17, 15) is 4.79 Å². The van der Waals surface area contributed by atoms with Crippen molar-refractivity contribution in [3.8, 4) is 28.2 Å². The fraction of sp³-hybridized carbons (Fsp3) is 0.353. The highest BCUT2D eigenvalue weighted by atomic mass is 32.2. The van der Waals surface area contributed by atoms with E-state index in [-0.39, 0.29) is 5.91 Å². The van der Waals surface area contributed by atoms with Gasteiger partial charge in [-0.3, -0.25) is 9.36 Å². The van der Waals surface area contributed by atoms with E-state index in [1.807, 2.05) is 12.1 Å². The molecule has 1 heterocycles. The van der Waals surface area contributed by atoms with Crippen molar-refractivity contribution in [3.05, 3.63) is 91.0 Å². The third-order valence-corrected chi connectivity index (χ3v) is 7.86. The largest absolute Gasteiger partial charge is 0.356 e. The second-order valence-corrected chi connectivity index (χ2v) is 11.0. The predicted molar refractivity (Wildman–Crippen MR) is 165 cm³/mol. The fourth-order valence-electron chi connectivity index (χ4n) is 4.75. The van der Waals surface area contributed by atoms with E-state index in [2.05, 4.69) is 95.7 Å². The highest BCUT2D eigenvalue weighted by Gasteiger charge is 2.21. The Morgan fingerprint density at radius 3 is 2.05 bits per heavy atom. The Morgan fingerprint density at radius 1 is 0.744 bits per heavy atom. The number of carbonyl (C=O) groups is 1. The zero-order valence-electron chi connectivity index (χ0n) is 23.1. The fourth-order valence-corrected chi connectivity index (χ4v) is 5.76. The molecular formula is C34H41N3OS. The van der Waals surface area contributed by atoms with Crippen LogP contribution < -0.4 is 5.32 Å². The lowest BCUT2D eigenvalue weighted by atomic mass is 10.0. The molecule has 204 valence electrons. The number of para-hydroxylation sites is 1. The van der Waals surface area contributed by atoms with Gasteiger partial charge in [0.15, 0.2) is 5.16 Å². The molecule has 0 atom stereocenters. The summed E-state index contributed by atoms with van der Waals surface area (Å²) >= 11 is 1.79. The average molecular weight is 540 g/mol. The normalized spacial score (nSPS) is 11.0. The van der Waals surface area contributed by atoms with E-state index in [0.29, 0.717) is 6.42 Å². The maximum Gasteiger partial charge on any atom is 0.219 e. The van der Waals surface area contributed by atoms with E-state index in [0.717, 1.165) is 71.3 Å². The molecule has 4 nitrogen and oxygen atoms in total. The Morgan fingerprint density at radius 2 is 1.36 bits per heavy atom. The second kappa shape index (κ2) is 15.9. The minimum Gasteiger partial charge on any atom is -0.356 e. The number of thioether (sulfide) groups is 1. The van der Waals surface area contributed by atoms with Gasteiger partial charge in [0.05, 0.1) is 11.4 Å². The molecule has 5 heteroatoms. The molecule has 0 aliphatic carbocycles. The summed E-state index contributed by atoms with van der Waals surface area (Å²) in [6.07, 6.45) is 9.90. The van der Waals surface area contributed by atoms with Crippen LogP contribution in [0, 0.1) is 0 Å². The molecule has 0 radical (unpaired) electrons. The molecule has 0 unspecified atom stereocenters. The van der Waals surface area contributed by atoms with Gasteiger partial charge in [-0.05, 0) is 31.4 Å². The van der Waals surface area contributed by atoms with Gasteiger partial charge in [-0.2, -0.15) is 0 Å². The van der Waals surface area contributed by atoms with Crippen LogP contribution in [-0.2, 0) is 4.79 Å². The molecular weight excluding hydrogens is 498 g/mol. The summed E-state index contributed by atoms with van der Waals surface area (Å²) in [5.74, 6) is 1.14. The molecule has 0 fully saturated rings. The number of aromatic nitrogens is 2. The van der Waals surface area contributed by atoms with Crippen LogP contribution in [0.15, 0.2) is 96.2 Å². The Labute approximate surface area is 238 Å². The number of imidazole rings is 1. The molecule has 3 aromatic carbocycles. The van der Waals surface area contributed by atoms with Gasteiger partial charge in [0, 0.05) is 35.5 Å². The zero-order chi connectivity index (χ0) is 27.1. The Kier molecular flexibility index (Phi) is 11.7. The number of benzene rings is 3. The van der Waals surface area contributed by atoms with E-state index < -0.39 is 0 Å². The third kappa shape index (κ3) is 8.59. The smallest absolute Gasteiger partial charge is 0.219 e. The van der Waals surface area contributed by atoms with Crippen molar-refractivity contribution in [1.29, 1.82) is 0 Å². The lowest BCUT2D eigenvalue weighted by Gasteiger charge is -2.13. The topological polar surface area (TPSA) is 46.9 Å². The Hall–Kier alpha value is -3.31. The number of carbonyl (C=O) groups excluding carboxylic acids is 1. The van der Waals surface area contributed by atoms with Gasteiger partial charge >= 0.3 is 0 Å². The molecule has 0 aliphatic rings. The maximum absolute atomic E-state index is 12.2. The third-order valence-electron chi connectivity index (χ3n) is 6.84. The minimum absolute atomic E-state index is 0.192. The van der Waals surface area contributed by atoms with Crippen molar-refractivity contribution in [1.82, 2.24) is 14.9 Å². The summed E-state index contributed by atoms with van der Waals surface area (Å²) in [4.78, 5) is 17.4. The number of nitrogens with one attached hydrogen (secondary N) is 1. The number of amides is 1. The van der Waals surface area contributed by atoms with Crippen LogP contribution in [-0.4, -0.2) is 27.8 Å². The molecule has 39 heavy (non-hydrogen) atoms. The predicted octanol–water partition coefficient (Wildman–Crippen LogP) is 8.95. The highest BCUT2D eigenvalue weighted by Crippen LogP contribution is 2.38. The molecule has 1 aromatic heterocycles. The second-order valence-electron chi connectivity index (χ2n) is 9.92. The molecule has 1 N–H and O–H groups in total. The molecule has 0 saturated heterocycles. The van der Waals surface area contributed by atoms with Gasteiger partial charge in [0.2, 0.25) is 5.91 Å². The molecule has 0 spiro atoms. The number of hydrogen-bond acceptors (Lipinski definition) is 3. The highest BCUT2D eigenvalue weighted by molar-refractivity contribution is 7.99. The van der Waals surface area contributed by atoms with E-state index in [4.69, 9.17) is 4.98 Å².